The number of aliphatic hydroxyl groups is 1. The van der Waals surface area contributed by atoms with Crippen LogP contribution in [0.1, 0.15) is 31.4 Å². The summed E-state index contributed by atoms with van der Waals surface area (Å²) in [5, 5.41) is 10.0. The van der Waals surface area contributed by atoms with Gasteiger partial charge in [-0.2, -0.15) is 0 Å². The molecule has 1 fully saturated rings. The maximum absolute atomic E-state index is 14.0. The highest BCUT2D eigenvalue weighted by Crippen LogP contribution is 2.31. The number of carbonyl (C=O) groups is 1. The summed E-state index contributed by atoms with van der Waals surface area (Å²) in [4.78, 5) is 13.6. The van der Waals surface area contributed by atoms with Crippen LogP contribution >= 0.6 is 0 Å². The molecule has 1 aliphatic rings. The van der Waals surface area contributed by atoms with Crippen molar-refractivity contribution in [1.82, 2.24) is 0 Å². The van der Waals surface area contributed by atoms with Crippen molar-refractivity contribution in [2.75, 3.05) is 24.6 Å². The first-order valence-corrected chi connectivity index (χ1v) is 6.53. The summed E-state index contributed by atoms with van der Waals surface area (Å²) >= 11 is 0. The molecule has 1 atom stereocenters. The van der Waals surface area contributed by atoms with E-state index >= 15 is 0 Å². The molecule has 1 aromatic carbocycles. The minimum atomic E-state index is -1.57. The van der Waals surface area contributed by atoms with Crippen LogP contribution in [0, 0.1) is 5.82 Å². The first-order valence-electron chi connectivity index (χ1n) is 6.53. The Morgan fingerprint density at radius 2 is 2.16 bits per heavy atom. The second-order valence-corrected chi connectivity index (χ2v) is 4.52. The predicted molar refractivity (Wildman–Crippen MR) is 69.4 cm³/mol. The van der Waals surface area contributed by atoms with Gasteiger partial charge in [-0.25, -0.2) is 9.18 Å². The predicted octanol–water partition coefficient (Wildman–Crippen LogP) is 2.02. The third-order valence-electron chi connectivity index (χ3n) is 3.26. The van der Waals surface area contributed by atoms with Gasteiger partial charge in [0, 0.05) is 18.8 Å². The monoisotopic (exact) mass is 267 g/mol. The second-order valence-electron chi connectivity index (χ2n) is 4.52. The zero-order valence-corrected chi connectivity index (χ0v) is 10.9. The minimum absolute atomic E-state index is 0.0165. The van der Waals surface area contributed by atoms with E-state index in [1.807, 2.05) is 4.90 Å². The SMILES string of the molecule is CCOC(=O)C(O)c1c(F)cccc1N1CCCC1. The van der Waals surface area contributed by atoms with Crippen molar-refractivity contribution in [2.24, 2.45) is 0 Å². The van der Waals surface area contributed by atoms with Crippen molar-refractivity contribution in [3.63, 3.8) is 0 Å². The van der Waals surface area contributed by atoms with Crippen LogP contribution in [0.15, 0.2) is 18.2 Å². The fourth-order valence-corrected chi connectivity index (χ4v) is 2.37. The van der Waals surface area contributed by atoms with Gasteiger partial charge in [-0.1, -0.05) is 6.07 Å². The second kappa shape index (κ2) is 6.02. The number of esters is 1. The zero-order chi connectivity index (χ0) is 13.8. The molecule has 1 saturated heterocycles. The number of benzene rings is 1. The summed E-state index contributed by atoms with van der Waals surface area (Å²) in [6.45, 7) is 3.43. The number of hydrogen-bond acceptors (Lipinski definition) is 4. The lowest BCUT2D eigenvalue weighted by atomic mass is 10.1. The smallest absolute Gasteiger partial charge is 0.339 e. The van der Waals surface area contributed by atoms with Crippen molar-refractivity contribution in [3.05, 3.63) is 29.6 Å². The molecule has 4 nitrogen and oxygen atoms in total. The molecule has 0 bridgehead atoms. The van der Waals surface area contributed by atoms with E-state index in [4.69, 9.17) is 4.74 Å². The van der Waals surface area contributed by atoms with E-state index < -0.39 is 17.9 Å². The van der Waals surface area contributed by atoms with Gasteiger partial charge >= 0.3 is 5.97 Å². The van der Waals surface area contributed by atoms with E-state index in [1.165, 1.54) is 6.07 Å². The number of nitrogens with zero attached hydrogens (tertiary/aromatic N) is 1. The molecule has 0 aromatic heterocycles. The van der Waals surface area contributed by atoms with Gasteiger partial charge in [-0.15, -0.1) is 0 Å². The van der Waals surface area contributed by atoms with Gasteiger partial charge in [-0.3, -0.25) is 0 Å². The molecule has 2 rings (SSSR count). The van der Waals surface area contributed by atoms with Gasteiger partial charge in [0.15, 0.2) is 6.10 Å². The molecule has 5 heteroatoms. The number of aliphatic hydroxyl groups excluding tert-OH is 1. The van der Waals surface area contributed by atoms with Gasteiger partial charge in [0.1, 0.15) is 5.82 Å². The number of anilines is 1. The van der Waals surface area contributed by atoms with Crippen molar-refractivity contribution in [3.8, 4) is 0 Å². The summed E-state index contributed by atoms with van der Waals surface area (Å²) in [5.41, 5.74) is 0.598. The van der Waals surface area contributed by atoms with Crippen LogP contribution in [0.2, 0.25) is 0 Å². The third-order valence-corrected chi connectivity index (χ3v) is 3.26. The Balaban J connectivity index is 2.34. The van der Waals surface area contributed by atoms with E-state index in [0.717, 1.165) is 25.9 Å². The lowest BCUT2D eigenvalue weighted by Gasteiger charge is -2.23. The topological polar surface area (TPSA) is 49.8 Å². The van der Waals surface area contributed by atoms with Crippen molar-refractivity contribution in [1.29, 1.82) is 0 Å². The normalized spacial score (nSPS) is 16.5. The van der Waals surface area contributed by atoms with Gasteiger partial charge in [0.25, 0.3) is 0 Å². The number of hydrogen-bond donors (Lipinski definition) is 1. The molecule has 1 aromatic rings. The average Bonchev–Trinajstić information content (AvgIpc) is 2.91. The molecule has 0 amide bonds. The Labute approximate surface area is 111 Å². The molecule has 0 radical (unpaired) electrons. The maximum Gasteiger partial charge on any atom is 0.339 e. The standard InChI is InChI=1S/C14H18FNO3/c1-2-19-14(18)13(17)12-10(15)6-5-7-11(12)16-8-3-4-9-16/h5-7,13,17H,2-4,8-9H2,1H3. The van der Waals surface area contributed by atoms with Gasteiger partial charge in [0.05, 0.1) is 12.2 Å². The van der Waals surface area contributed by atoms with Crippen LogP contribution in [0.3, 0.4) is 0 Å². The number of halogens is 1. The van der Waals surface area contributed by atoms with Crippen LogP contribution in [-0.4, -0.2) is 30.8 Å². The molecule has 0 spiro atoms. The molecule has 1 aliphatic heterocycles. The zero-order valence-electron chi connectivity index (χ0n) is 10.9. The highest BCUT2D eigenvalue weighted by molar-refractivity contribution is 5.79. The first kappa shape index (κ1) is 13.8. The van der Waals surface area contributed by atoms with E-state index in [9.17, 15) is 14.3 Å². The summed E-state index contributed by atoms with van der Waals surface area (Å²) < 4.78 is 18.7. The fraction of sp³-hybridized carbons (Fsp3) is 0.500. The lowest BCUT2D eigenvalue weighted by Crippen LogP contribution is -2.24. The van der Waals surface area contributed by atoms with Crippen LogP contribution in [-0.2, 0) is 9.53 Å². The third kappa shape index (κ3) is 2.87. The van der Waals surface area contributed by atoms with Crippen LogP contribution in [0.5, 0.6) is 0 Å². The quantitative estimate of drug-likeness (QED) is 0.848. The molecule has 1 unspecified atom stereocenters. The molecular weight excluding hydrogens is 249 g/mol. The minimum Gasteiger partial charge on any atom is -0.464 e. The molecule has 0 aliphatic carbocycles. The molecule has 104 valence electrons. The number of rotatable bonds is 4. The molecule has 19 heavy (non-hydrogen) atoms. The molecule has 1 N–H and O–H groups in total. The summed E-state index contributed by atoms with van der Waals surface area (Å²) in [6.07, 6.45) is 0.494. The van der Waals surface area contributed by atoms with Crippen LogP contribution < -0.4 is 4.90 Å². The average molecular weight is 267 g/mol. The highest BCUT2D eigenvalue weighted by Gasteiger charge is 2.28. The van der Waals surface area contributed by atoms with Gasteiger partial charge in [0.2, 0.25) is 0 Å². The van der Waals surface area contributed by atoms with E-state index in [1.54, 1.807) is 19.1 Å². The fourth-order valence-electron chi connectivity index (χ4n) is 2.37. The molecule has 1 heterocycles. The Bertz CT molecular complexity index is 458. The highest BCUT2D eigenvalue weighted by atomic mass is 19.1. The number of ether oxygens (including phenoxy) is 1. The summed E-state index contributed by atoms with van der Waals surface area (Å²) in [6, 6.07) is 4.56. The van der Waals surface area contributed by atoms with Crippen LogP contribution in [0.4, 0.5) is 10.1 Å². The van der Waals surface area contributed by atoms with Crippen molar-refractivity contribution in [2.45, 2.75) is 25.9 Å². The lowest BCUT2D eigenvalue weighted by molar-refractivity contribution is -0.153. The van der Waals surface area contributed by atoms with E-state index in [-0.39, 0.29) is 12.2 Å². The van der Waals surface area contributed by atoms with E-state index in [0.29, 0.717) is 5.69 Å². The van der Waals surface area contributed by atoms with Gasteiger partial charge < -0.3 is 14.7 Å². The van der Waals surface area contributed by atoms with Crippen LogP contribution in [0.25, 0.3) is 0 Å². The Kier molecular flexibility index (Phi) is 4.37. The van der Waals surface area contributed by atoms with Gasteiger partial charge in [-0.05, 0) is 31.9 Å². The molecule has 0 saturated carbocycles. The van der Waals surface area contributed by atoms with Crippen molar-refractivity contribution >= 4 is 11.7 Å². The Hall–Kier alpha value is -1.62. The maximum atomic E-state index is 14.0. The molecular formula is C14H18FNO3. The number of carbonyl (C=O) groups excluding carboxylic acids is 1. The largest absolute Gasteiger partial charge is 0.464 e. The van der Waals surface area contributed by atoms with Crippen molar-refractivity contribution < 1.29 is 19.0 Å². The van der Waals surface area contributed by atoms with E-state index in [2.05, 4.69) is 0 Å². The summed E-state index contributed by atoms with van der Waals surface area (Å²) in [7, 11) is 0. The summed E-state index contributed by atoms with van der Waals surface area (Å²) in [5.74, 6) is -1.39. The first-order chi connectivity index (χ1) is 9.15. The Morgan fingerprint density at radius 1 is 1.47 bits per heavy atom. The Morgan fingerprint density at radius 3 is 2.79 bits per heavy atom.